The molecule has 0 spiro atoms. The highest BCUT2D eigenvalue weighted by atomic mass is 28.3. The van der Waals surface area contributed by atoms with Gasteiger partial charge in [-0.3, -0.25) is 0 Å². The Morgan fingerprint density at radius 2 is 1.83 bits per heavy atom. The molecule has 0 saturated carbocycles. The molecule has 0 aliphatic carbocycles. The third-order valence-corrected chi connectivity index (χ3v) is 9.06. The minimum atomic E-state index is -1.41. The van der Waals surface area contributed by atoms with Crippen molar-refractivity contribution in [2.24, 2.45) is 0 Å². The fourth-order valence-corrected chi connectivity index (χ4v) is 3.49. The molecule has 0 unspecified atom stereocenters. The molecule has 1 aliphatic heterocycles. The van der Waals surface area contributed by atoms with Gasteiger partial charge in [0, 0.05) is 0 Å². The van der Waals surface area contributed by atoms with Crippen LogP contribution in [0.1, 0.15) is 20.8 Å². The molecule has 3 heteroatoms. The summed E-state index contributed by atoms with van der Waals surface area (Å²) in [4.78, 5) is 10.4. The highest BCUT2D eigenvalue weighted by molar-refractivity contribution is 6.82. The number of rotatable bonds is 2. The van der Waals surface area contributed by atoms with Crippen LogP contribution in [0.15, 0.2) is 0 Å². The van der Waals surface area contributed by atoms with E-state index in [9.17, 15) is 4.79 Å². The van der Waals surface area contributed by atoms with Crippen molar-refractivity contribution in [1.29, 1.82) is 0 Å². The molecule has 0 N–H and O–H groups in total. The summed E-state index contributed by atoms with van der Waals surface area (Å²) < 4.78 is 5.35. The largest absolute Gasteiger partial charge is 0.365 e. The predicted molar refractivity (Wildman–Crippen MR) is 51.9 cm³/mol. The topological polar surface area (TPSA) is 29.6 Å². The third-order valence-electron chi connectivity index (χ3n) is 3.30. The van der Waals surface area contributed by atoms with E-state index in [0.29, 0.717) is 5.04 Å². The molecule has 12 heavy (non-hydrogen) atoms. The van der Waals surface area contributed by atoms with Crippen LogP contribution in [-0.2, 0) is 9.53 Å². The van der Waals surface area contributed by atoms with Crippen molar-refractivity contribution < 1.29 is 9.53 Å². The number of hydrogen-bond acceptors (Lipinski definition) is 2. The zero-order chi connectivity index (χ0) is 9.57. The summed E-state index contributed by atoms with van der Waals surface area (Å²) in [5.74, 6) is 0. The van der Waals surface area contributed by atoms with Gasteiger partial charge in [0.2, 0.25) is 0 Å². The smallest absolute Gasteiger partial charge is 0.151 e. The van der Waals surface area contributed by atoms with Gasteiger partial charge in [-0.15, -0.1) is 0 Å². The van der Waals surface area contributed by atoms with Crippen molar-refractivity contribution >= 4 is 14.4 Å². The van der Waals surface area contributed by atoms with Crippen LogP contribution in [0.5, 0.6) is 0 Å². The highest BCUT2D eigenvalue weighted by Gasteiger charge is 2.55. The quantitative estimate of drug-likeness (QED) is 0.375. The Labute approximate surface area is 75.3 Å². The number of carbonyl (C=O) groups is 1. The Hall–Kier alpha value is -0.153. The van der Waals surface area contributed by atoms with E-state index >= 15 is 0 Å². The van der Waals surface area contributed by atoms with Crippen LogP contribution in [0, 0.1) is 0 Å². The highest BCUT2D eigenvalue weighted by Crippen LogP contribution is 2.45. The molecule has 0 aromatic heterocycles. The summed E-state index contributed by atoms with van der Waals surface area (Å²) in [5, 5.41) is 0.315. The summed E-state index contributed by atoms with van der Waals surface area (Å²) >= 11 is 0. The SMILES string of the molecule is CC(C)(C)[Si](C)(C)[C@H]1O[C@@H]1C=O. The predicted octanol–water partition coefficient (Wildman–Crippen LogP) is 2.00. The Balaban J connectivity index is 2.68. The monoisotopic (exact) mass is 186 g/mol. The average molecular weight is 186 g/mol. The number of epoxide rings is 1. The van der Waals surface area contributed by atoms with E-state index < -0.39 is 8.07 Å². The van der Waals surface area contributed by atoms with E-state index in [2.05, 4.69) is 33.9 Å². The molecule has 1 heterocycles. The maximum atomic E-state index is 10.4. The molecule has 0 aromatic carbocycles. The minimum Gasteiger partial charge on any atom is -0.365 e. The van der Waals surface area contributed by atoms with Gasteiger partial charge in [0.1, 0.15) is 6.10 Å². The first-order chi connectivity index (χ1) is 5.30. The first-order valence-electron chi connectivity index (χ1n) is 4.41. The van der Waals surface area contributed by atoms with Crippen LogP contribution in [0.4, 0.5) is 0 Å². The van der Waals surface area contributed by atoms with Crippen LogP contribution in [0.3, 0.4) is 0 Å². The lowest BCUT2D eigenvalue weighted by molar-refractivity contribution is -0.108. The summed E-state index contributed by atoms with van der Waals surface area (Å²) in [7, 11) is -1.41. The van der Waals surface area contributed by atoms with Gasteiger partial charge in [-0.1, -0.05) is 33.9 Å². The van der Waals surface area contributed by atoms with Gasteiger partial charge in [-0.2, -0.15) is 0 Å². The van der Waals surface area contributed by atoms with E-state index in [0.717, 1.165) is 6.29 Å². The molecule has 2 atom stereocenters. The van der Waals surface area contributed by atoms with Crippen molar-refractivity contribution in [2.45, 2.75) is 50.7 Å². The van der Waals surface area contributed by atoms with Gasteiger partial charge in [0.05, 0.1) is 13.8 Å². The van der Waals surface area contributed by atoms with E-state index in [-0.39, 0.29) is 11.8 Å². The van der Waals surface area contributed by atoms with Crippen LogP contribution in [-0.4, -0.2) is 26.2 Å². The van der Waals surface area contributed by atoms with Gasteiger partial charge in [-0.25, -0.2) is 0 Å². The minimum absolute atomic E-state index is 0.0918. The Bertz CT molecular complexity index is 193. The fourth-order valence-electron chi connectivity index (χ4n) is 1.23. The number of carbonyl (C=O) groups excluding carboxylic acids is 1. The molecule has 2 nitrogen and oxygen atoms in total. The van der Waals surface area contributed by atoms with Crippen LogP contribution >= 0.6 is 0 Å². The molecule has 0 bridgehead atoms. The lowest BCUT2D eigenvalue weighted by Crippen LogP contribution is -2.44. The molecule has 1 saturated heterocycles. The lowest BCUT2D eigenvalue weighted by atomic mass is 10.2. The van der Waals surface area contributed by atoms with E-state index in [1.807, 2.05) is 0 Å². The summed E-state index contributed by atoms with van der Waals surface area (Å²) in [6.07, 6.45) is 0.844. The maximum absolute atomic E-state index is 10.4. The number of ether oxygens (including phenoxy) is 1. The molecule has 1 rings (SSSR count). The summed E-state index contributed by atoms with van der Waals surface area (Å²) in [5.41, 5.74) is 0.259. The third kappa shape index (κ3) is 1.48. The summed E-state index contributed by atoms with van der Waals surface area (Å²) in [6.45, 7) is 11.3. The second-order valence-electron chi connectivity index (χ2n) is 5.13. The first-order valence-corrected chi connectivity index (χ1v) is 7.49. The Morgan fingerprint density at radius 3 is 2.08 bits per heavy atom. The first kappa shape index (κ1) is 9.93. The van der Waals surface area contributed by atoms with Gasteiger partial charge >= 0.3 is 0 Å². The van der Waals surface area contributed by atoms with E-state index in [4.69, 9.17) is 4.74 Å². The van der Waals surface area contributed by atoms with Crippen molar-refractivity contribution in [1.82, 2.24) is 0 Å². The molecular formula is C9H18O2Si. The van der Waals surface area contributed by atoms with E-state index in [1.54, 1.807) is 0 Å². The molecular weight excluding hydrogens is 168 g/mol. The maximum Gasteiger partial charge on any atom is 0.151 e. The second kappa shape index (κ2) is 2.67. The normalized spacial score (nSPS) is 30.1. The molecule has 70 valence electrons. The van der Waals surface area contributed by atoms with Gasteiger partial charge in [0.25, 0.3) is 0 Å². The summed E-state index contributed by atoms with van der Waals surface area (Å²) in [6, 6.07) is 0. The zero-order valence-corrected chi connectivity index (χ0v) is 9.55. The van der Waals surface area contributed by atoms with Gasteiger partial charge in [0.15, 0.2) is 6.29 Å². The molecule has 0 amide bonds. The van der Waals surface area contributed by atoms with Crippen LogP contribution in [0.2, 0.25) is 18.1 Å². The van der Waals surface area contributed by atoms with Gasteiger partial charge < -0.3 is 9.53 Å². The van der Waals surface area contributed by atoms with Crippen LogP contribution < -0.4 is 0 Å². The lowest BCUT2D eigenvalue weighted by Gasteiger charge is -2.35. The standard InChI is InChI=1S/C9H18O2Si/c1-9(2,3)12(4,5)8-7(6-10)11-8/h6-8H,1-5H3/t7-,8-/m1/s1. The van der Waals surface area contributed by atoms with Crippen molar-refractivity contribution in [3.8, 4) is 0 Å². The van der Waals surface area contributed by atoms with Gasteiger partial charge in [-0.05, 0) is 5.04 Å². The Kier molecular flexibility index (Phi) is 2.21. The average Bonchev–Trinajstić information content (AvgIpc) is 2.62. The van der Waals surface area contributed by atoms with Crippen molar-refractivity contribution in [2.75, 3.05) is 0 Å². The second-order valence-corrected chi connectivity index (χ2v) is 10.6. The Morgan fingerprint density at radius 1 is 1.33 bits per heavy atom. The zero-order valence-electron chi connectivity index (χ0n) is 8.55. The molecule has 0 radical (unpaired) electrons. The number of aldehydes is 1. The van der Waals surface area contributed by atoms with Crippen LogP contribution in [0.25, 0.3) is 0 Å². The number of hydrogen-bond donors (Lipinski definition) is 0. The van der Waals surface area contributed by atoms with Crippen molar-refractivity contribution in [3.05, 3.63) is 0 Å². The molecule has 1 aliphatic rings. The fraction of sp³-hybridized carbons (Fsp3) is 0.889. The molecule has 0 aromatic rings. The van der Waals surface area contributed by atoms with E-state index in [1.165, 1.54) is 0 Å². The van der Waals surface area contributed by atoms with Crippen molar-refractivity contribution in [3.63, 3.8) is 0 Å². The molecule has 1 fully saturated rings.